The number of ether oxygens (including phenoxy) is 3. The Bertz CT molecular complexity index is 849. The number of nitrogens with zero attached hydrogens (tertiary/aromatic N) is 1. The summed E-state index contributed by atoms with van der Waals surface area (Å²) in [5.74, 6) is 1.02. The highest BCUT2D eigenvalue weighted by Gasteiger charge is 2.11. The van der Waals surface area contributed by atoms with Crippen molar-refractivity contribution in [2.75, 3.05) is 19.8 Å². The van der Waals surface area contributed by atoms with Crippen LogP contribution in [0, 0.1) is 0 Å². The molecule has 0 heterocycles. The molecule has 2 aromatic rings. The largest absolute Gasteiger partial charge is 0.504 e. The number of hydrogen-bond donors (Lipinski definition) is 2. The molecule has 28 heavy (non-hydrogen) atoms. The normalized spacial score (nSPS) is 10.5. The number of aromatic hydroxyl groups is 1. The topological polar surface area (TPSA) is 89.4 Å². The van der Waals surface area contributed by atoms with Crippen LogP contribution in [0.5, 0.6) is 23.0 Å². The standard InChI is InChI=1S/C21H24N2O5/c1-4-11-28-18-10-8-16(13-20(18)27-6-3)21(25)23-22-14-15-7-9-17(24)19(12-15)26-5-2/h4,7-10,12-14,24H,1,5-6,11H2,2-3H3,(H,23,25)/b22-14+. The Morgan fingerprint density at radius 1 is 1.07 bits per heavy atom. The lowest BCUT2D eigenvalue weighted by Crippen LogP contribution is -2.17. The lowest BCUT2D eigenvalue weighted by atomic mass is 10.2. The van der Waals surface area contributed by atoms with Crippen LogP contribution in [0.4, 0.5) is 0 Å². The van der Waals surface area contributed by atoms with Crippen LogP contribution >= 0.6 is 0 Å². The van der Waals surface area contributed by atoms with Gasteiger partial charge in [0.15, 0.2) is 23.0 Å². The Hall–Kier alpha value is -3.48. The Morgan fingerprint density at radius 3 is 2.54 bits per heavy atom. The summed E-state index contributed by atoms with van der Waals surface area (Å²) < 4.78 is 16.4. The summed E-state index contributed by atoms with van der Waals surface area (Å²) in [6, 6.07) is 9.69. The van der Waals surface area contributed by atoms with E-state index in [0.717, 1.165) is 0 Å². The van der Waals surface area contributed by atoms with Crippen LogP contribution in [0.2, 0.25) is 0 Å². The van der Waals surface area contributed by atoms with Crippen molar-refractivity contribution in [2.24, 2.45) is 5.10 Å². The molecular formula is C21H24N2O5. The molecule has 2 aromatic carbocycles. The maximum Gasteiger partial charge on any atom is 0.271 e. The predicted octanol–water partition coefficient (Wildman–Crippen LogP) is 3.52. The van der Waals surface area contributed by atoms with Crippen molar-refractivity contribution in [3.63, 3.8) is 0 Å². The van der Waals surface area contributed by atoms with Gasteiger partial charge in [0.1, 0.15) is 6.61 Å². The molecule has 0 bridgehead atoms. The number of carbonyl (C=O) groups is 1. The van der Waals surface area contributed by atoms with Crippen molar-refractivity contribution < 1.29 is 24.1 Å². The molecule has 148 valence electrons. The van der Waals surface area contributed by atoms with Crippen molar-refractivity contribution in [1.29, 1.82) is 0 Å². The van der Waals surface area contributed by atoms with Gasteiger partial charge in [0.05, 0.1) is 19.4 Å². The van der Waals surface area contributed by atoms with Crippen molar-refractivity contribution in [3.8, 4) is 23.0 Å². The molecule has 0 radical (unpaired) electrons. The lowest BCUT2D eigenvalue weighted by molar-refractivity contribution is 0.0954. The molecule has 7 heteroatoms. The molecule has 0 aromatic heterocycles. The van der Waals surface area contributed by atoms with Gasteiger partial charge in [0.25, 0.3) is 5.91 Å². The van der Waals surface area contributed by atoms with E-state index in [1.54, 1.807) is 36.4 Å². The first-order valence-corrected chi connectivity index (χ1v) is 8.88. The van der Waals surface area contributed by atoms with E-state index in [1.807, 2.05) is 13.8 Å². The molecule has 0 spiro atoms. The molecule has 0 aliphatic heterocycles. The highest BCUT2D eigenvalue weighted by molar-refractivity contribution is 5.95. The van der Waals surface area contributed by atoms with Crippen molar-refractivity contribution in [3.05, 3.63) is 60.2 Å². The smallest absolute Gasteiger partial charge is 0.271 e. The zero-order valence-corrected chi connectivity index (χ0v) is 16.0. The summed E-state index contributed by atoms with van der Waals surface area (Å²) in [5, 5.41) is 13.7. The number of rotatable bonds is 10. The molecule has 0 saturated heterocycles. The third kappa shape index (κ3) is 5.77. The van der Waals surface area contributed by atoms with Crippen LogP contribution in [-0.4, -0.2) is 37.0 Å². The monoisotopic (exact) mass is 384 g/mol. The predicted molar refractivity (Wildman–Crippen MR) is 108 cm³/mol. The molecule has 0 fully saturated rings. The number of hydrogen-bond acceptors (Lipinski definition) is 6. The van der Waals surface area contributed by atoms with Gasteiger partial charge < -0.3 is 19.3 Å². The first kappa shape index (κ1) is 20.8. The second kappa shape index (κ2) is 10.6. The van der Waals surface area contributed by atoms with Crippen LogP contribution in [-0.2, 0) is 0 Å². The summed E-state index contributed by atoms with van der Waals surface area (Å²) in [6.45, 7) is 8.49. The van der Waals surface area contributed by atoms with Gasteiger partial charge in [-0.05, 0) is 55.8 Å². The summed E-state index contributed by atoms with van der Waals surface area (Å²) in [4.78, 5) is 12.3. The van der Waals surface area contributed by atoms with E-state index in [9.17, 15) is 9.90 Å². The summed E-state index contributed by atoms with van der Waals surface area (Å²) in [7, 11) is 0. The number of amides is 1. The average molecular weight is 384 g/mol. The van der Waals surface area contributed by atoms with Gasteiger partial charge in [0, 0.05) is 5.56 Å². The fourth-order valence-electron chi connectivity index (χ4n) is 2.30. The third-order valence-electron chi connectivity index (χ3n) is 3.53. The van der Waals surface area contributed by atoms with E-state index in [1.165, 1.54) is 12.3 Å². The van der Waals surface area contributed by atoms with Crippen LogP contribution < -0.4 is 19.6 Å². The molecule has 0 atom stereocenters. The number of hydrazone groups is 1. The van der Waals surface area contributed by atoms with Gasteiger partial charge in [-0.2, -0.15) is 5.10 Å². The Labute approximate surface area is 164 Å². The first-order valence-electron chi connectivity index (χ1n) is 8.88. The third-order valence-corrected chi connectivity index (χ3v) is 3.53. The van der Waals surface area contributed by atoms with Crippen LogP contribution in [0.25, 0.3) is 0 Å². The Kier molecular flexibility index (Phi) is 7.90. The van der Waals surface area contributed by atoms with Crippen LogP contribution in [0.15, 0.2) is 54.2 Å². The number of nitrogens with one attached hydrogen (secondary N) is 1. The number of phenolic OH excluding ortho intramolecular Hbond substituents is 1. The lowest BCUT2D eigenvalue weighted by Gasteiger charge is -2.12. The fourth-order valence-corrected chi connectivity index (χ4v) is 2.30. The van der Waals surface area contributed by atoms with E-state index < -0.39 is 5.91 Å². The van der Waals surface area contributed by atoms with E-state index in [2.05, 4.69) is 17.1 Å². The van der Waals surface area contributed by atoms with Gasteiger partial charge in [0.2, 0.25) is 0 Å². The van der Waals surface area contributed by atoms with Crippen molar-refractivity contribution >= 4 is 12.1 Å². The minimum atomic E-state index is -0.392. The number of phenols is 1. The summed E-state index contributed by atoms with van der Waals surface area (Å²) >= 11 is 0. The minimum Gasteiger partial charge on any atom is -0.504 e. The highest BCUT2D eigenvalue weighted by Crippen LogP contribution is 2.29. The molecule has 0 aliphatic carbocycles. The maximum atomic E-state index is 12.3. The van der Waals surface area contributed by atoms with Gasteiger partial charge in [-0.1, -0.05) is 12.7 Å². The van der Waals surface area contributed by atoms with Crippen molar-refractivity contribution in [1.82, 2.24) is 5.43 Å². The van der Waals surface area contributed by atoms with E-state index in [0.29, 0.717) is 48.2 Å². The van der Waals surface area contributed by atoms with Crippen LogP contribution in [0.1, 0.15) is 29.8 Å². The van der Waals surface area contributed by atoms with Gasteiger partial charge in [-0.25, -0.2) is 5.43 Å². The summed E-state index contributed by atoms with van der Waals surface area (Å²) in [5.41, 5.74) is 3.51. The number of benzene rings is 2. The quantitative estimate of drug-likeness (QED) is 0.372. The van der Waals surface area contributed by atoms with Gasteiger partial charge in [-0.3, -0.25) is 4.79 Å². The second-order valence-electron chi connectivity index (χ2n) is 5.55. The fraction of sp³-hybridized carbons (Fsp3) is 0.238. The molecule has 2 N–H and O–H groups in total. The van der Waals surface area contributed by atoms with E-state index in [-0.39, 0.29) is 5.75 Å². The molecule has 0 unspecified atom stereocenters. The maximum absolute atomic E-state index is 12.3. The van der Waals surface area contributed by atoms with Gasteiger partial charge >= 0.3 is 0 Å². The Morgan fingerprint density at radius 2 is 1.82 bits per heavy atom. The minimum absolute atomic E-state index is 0.0465. The summed E-state index contributed by atoms with van der Waals surface area (Å²) in [6.07, 6.45) is 3.09. The average Bonchev–Trinajstić information content (AvgIpc) is 2.69. The van der Waals surface area contributed by atoms with Crippen molar-refractivity contribution in [2.45, 2.75) is 13.8 Å². The highest BCUT2D eigenvalue weighted by atomic mass is 16.5. The van der Waals surface area contributed by atoms with Crippen LogP contribution in [0.3, 0.4) is 0 Å². The molecular weight excluding hydrogens is 360 g/mol. The van der Waals surface area contributed by atoms with Gasteiger partial charge in [-0.15, -0.1) is 0 Å². The molecule has 0 aliphatic rings. The Balaban J connectivity index is 2.08. The SMILES string of the molecule is C=CCOc1ccc(C(=O)N/N=C/c2ccc(O)c(OCC)c2)cc1OCC. The first-order chi connectivity index (χ1) is 13.6. The number of carbonyl (C=O) groups excluding carboxylic acids is 1. The molecule has 1 amide bonds. The molecule has 7 nitrogen and oxygen atoms in total. The van der Waals surface area contributed by atoms with E-state index in [4.69, 9.17) is 14.2 Å². The zero-order chi connectivity index (χ0) is 20.4. The van der Waals surface area contributed by atoms with E-state index >= 15 is 0 Å². The molecule has 2 rings (SSSR count). The second-order valence-corrected chi connectivity index (χ2v) is 5.55. The zero-order valence-electron chi connectivity index (χ0n) is 16.0. The molecule has 0 saturated carbocycles.